The Hall–Kier alpha value is -12.1. The molecule has 7 nitrogen and oxygen atoms in total. The molecule has 0 radical (unpaired) electrons. The fraction of sp³-hybridized carbons (Fsp3) is 0.0238. The van der Waals surface area contributed by atoms with Crippen molar-refractivity contribution in [3.05, 3.63) is 290 Å². The van der Waals surface area contributed by atoms with Gasteiger partial charge in [0, 0.05) is 110 Å². The van der Waals surface area contributed by atoms with E-state index in [9.17, 15) is 0 Å². The van der Waals surface area contributed by atoms with Crippen LogP contribution in [-0.4, -0.2) is 18.3 Å². The average Bonchev–Trinajstić information content (AvgIpc) is 1.67. The molecule has 1 aliphatic rings. The number of para-hydroxylation sites is 6. The molecule has 0 bridgehead atoms. The lowest BCUT2D eigenvalue weighted by Crippen LogP contribution is -2.12. The van der Waals surface area contributed by atoms with Crippen LogP contribution >= 0.6 is 0 Å². The molecule has 20 aromatic rings. The van der Waals surface area contributed by atoms with Crippen LogP contribution in [0.2, 0.25) is 0 Å². The number of fused-ring (bicyclic) bond motifs is 21. The zero-order valence-corrected chi connectivity index (χ0v) is 48.9. The van der Waals surface area contributed by atoms with E-state index in [0.717, 1.165) is 117 Å². The summed E-state index contributed by atoms with van der Waals surface area (Å²) >= 11 is 0. The first kappa shape index (κ1) is 49.0. The van der Waals surface area contributed by atoms with Crippen LogP contribution in [0.15, 0.2) is 292 Å². The summed E-state index contributed by atoms with van der Waals surface area (Å²) in [5.41, 5.74) is 23.0. The van der Waals surface area contributed by atoms with Crippen molar-refractivity contribution < 1.29 is 13.3 Å². The van der Waals surface area contributed by atoms with Crippen molar-refractivity contribution in [2.45, 2.75) is 12.5 Å². The maximum atomic E-state index is 6.71. The molecule has 0 spiro atoms. The summed E-state index contributed by atoms with van der Waals surface area (Å²) in [5.74, 6) is 0.924. The predicted molar refractivity (Wildman–Crippen MR) is 376 cm³/mol. The Morgan fingerprint density at radius 3 is 1.02 bits per heavy atom. The lowest BCUT2D eigenvalue weighted by Gasteiger charge is -2.21. The number of benzene rings is 13. The van der Waals surface area contributed by atoms with E-state index in [1.54, 1.807) is 0 Å². The minimum atomic E-state index is 0.0515. The third kappa shape index (κ3) is 6.97. The molecule has 0 fully saturated rings. The summed E-state index contributed by atoms with van der Waals surface area (Å²) in [5, 5.41) is 15.4. The highest BCUT2D eigenvalue weighted by Gasteiger charge is 2.27. The van der Waals surface area contributed by atoms with Gasteiger partial charge >= 0.3 is 0 Å². The fourth-order valence-corrected chi connectivity index (χ4v) is 15.8. The normalized spacial score (nSPS) is 13.7. The van der Waals surface area contributed by atoms with Gasteiger partial charge in [-0.2, -0.15) is 0 Å². The lowest BCUT2D eigenvalue weighted by molar-refractivity contribution is 0.572. The van der Waals surface area contributed by atoms with Crippen LogP contribution in [-0.2, 0) is 6.42 Å². The largest absolute Gasteiger partial charge is 0.456 e. The Morgan fingerprint density at radius 1 is 0.253 bits per heavy atom. The quantitative estimate of drug-likeness (QED) is 0.167. The Labute approximate surface area is 518 Å². The summed E-state index contributed by atoms with van der Waals surface area (Å²) in [7, 11) is 0. The molecule has 1 unspecified atom stereocenters. The minimum absolute atomic E-state index is 0.0515. The van der Waals surface area contributed by atoms with E-state index in [0.29, 0.717) is 0 Å². The maximum absolute atomic E-state index is 6.71. The molecule has 91 heavy (non-hydrogen) atoms. The molecule has 7 heteroatoms. The first-order chi connectivity index (χ1) is 45.1. The number of nitrogens with zero attached hydrogens (tertiary/aromatic N) is 4. The van der Waals surface area contributed by atoms with Gasteiger partial charge in [-0.25, -0.2) is 0 Å². The van der Waals surface area contributed by atoms with E-state index in [2.05, 4.69) is 303 Å². The van der Waals surface area contributed by atoms with E-state index in [4.69, 9.17) is 13.3 Å². The van der Waals surface area contributed by atoms with Crippen LogP contribution in [0.5, 0.6) is 0 Å². The van der Waals surface area contributed by atoms with Crippen LogP contribution < -0.4 is 0 Å². The van der Waals surface area contributed by atoms with Crippen molar-refractivity contribution in [3.8, 4) is 39.3 Å². The number of hydrogen-bond donors (Lipinski definition) is 0. The number of aromatic nitrogens is 4. The Morgan fingerprint density at radius 2 is 0.560 bits per heavy atom. The fourth-order valence-electron chi connectivity index (χ4n) is 15.8. The molecule has 21 rings (SSSR count). The van der Waals surface area contributed by atoms with Gasteiger partial charge in [-0.15, -0.1) is 0 Å². The van der Waals surface area contributed by atoms with Crippen molar-refractivity contribution in [1.82, 2.24) is 18.3 Å². The summed E-state index contributed by atoms with van der Waals surface area (Å²) in [4.78, 5) is 0. The molecule has 1 atom stereocenters. The van der Waals surface area contributed by atoms with Gasteiger partial charge in [-0.05, 0) is 168 Å². The topological polar surface area (TPSA) is 59.1 Å². The molecule has 424 valence electrons. The second-order valence-corrected chi connectivity index (χ2v) is 24.7. The second kappa shape index (κ2) is 18.3. The SMILES string of the molecule is C1=CC(n2c3ccccc3c3cc(-c4ccc5oc6ccc(-n7c8ccccc8c8ccccc87)cc6c5c4)ccc32)Cc2c1oc1ccc(-n3c4ccccc4c4cc(-c5ccc6oc7ccc(-n8c9ccccc9c9ccccc98)cc7c6c5)ccc43)cc21. The van der Waals surface area contributed by atoms with E-state index >= 15 is 0 Å². The molecule has 1 aliphatic carbocycles. The Kier molecular flexibility index (Phi) is 9.83. The van der Waals surface area contributed by atoms with Crippen LogP contribution in [0.3, 0.4) is 0 Å². The zero-order valence-electron chi connectivity index (χ0n) is 48.9. The van der Waals surface area contributed by atoms with Gasteiger partial charge in [-0.3, -0.25) is 0 Å². The van der Waals surface area contributed by atoms with E-state index in [1.165, 1.54) is 81.8 Å². The van der Waals surface area contributed by atoms with Crippen molar-refractivity contribution in [3.63, 3.8) is 0 Å². The highest BCUT2D eigenvalue weighted by atomic mass is 16.3. The number of hydrogen-bond acceptors (Lipinski definition) is 3. The Balaban J connectivity index is 0.627. The molecule has 7 heterocycles. The highest BCUT2D eigenvalue weighted by molar-refractivity contribution is 6.16. The summed E-state index contributed by atoms with van der Waals surface area (Å²) in [6.07, 6.45) is 5.32. The smallest absolute Gasteiger partial charge is 0.135 e. The van der Waals surface area contributed by atoms with Crippen molar-refractivity contribution >= 4 is 148 Å². The predicted octanol–water partition coefficient (Wildman–Crippen LogP) is 22.8. The molecule has 0 N–H and O–H groups in total. The van der Waals surface area contributed by atoms with E-state index in [-0.39, 0.29) is 6.04 Å². The lowest BCUT2D eigenvalue weighted by atomic mass is 9.96. The third-order valence-corrected chi connectivity index (χ3v) is 19.9. The van der Waals surface area contributed by atoms with Crippen LogP contribution in [0, 0.1) is 0 Å². The van der Waals surface area contributed by atoms with Gasteiger partial charge in [-0.1, -0.05) is 140 Å². The number of rotatable bonds is 6. The first-order valence-electron chi connectivity index (χ1n) is 31.3. The van der Waals surface area contributed by atoms with E-state index < -0.39 is 0 Å². The molecule has 0 aliphatic heterocycles. The molecular weight excluding hydrogens is 1110 g/mol. The number of furan rings is 3. The number of allylic oxidation sites excluding steroid dienone is 1. The molecule has 0 saturated carbocycles. The van der Waals surface area contributed by atoms with E-state index in [1.807, 2.05) is 0 Å². The van der Waals surface area contributed by atoms with Gasteiger partial charge in [0.25, 0.3) is 0 Å². The van der Waals surface area contributed by atoms with Crippen LogP contribution in [0.1, 0.15) is 17.4 Å². The Bertz CT molecular complexity index is 6480. The third-order valence-electron chi connectivity index (χ3n) is 19.9. The van der Waals surface area contributed by atoms with Gasteiger partial charge < -0.3 is 31.5 Å². The maximum Gasteiger partial charge on any atom is 0.135 e. The molecular formula is C84H50N4O3. The van der Waals surface area contributed by atoms with Crippen LogP contribution in [0.4, 0.5) is 0 Å². The summed E-state index contributed by atoms with van der Waals surface area (Å²) in [6, 6.07) is 99.6. The van der Waals surface area contributed by atoms with Gasteiger partial charge in [0.2, 0.25) is 0 Å². The average molecular weight is 1160 g/mol. The highest BCUT2D eigenvalue weighted by Crippen LogP contribution is 2.45. The van der Waals surface area contributed by atoms with Crippen molar-refractivity contribution in [1.29, 1.82) is 0 Å². The zero-order chi connectivity index (χ0) is 59.2. The summed E-state index contributed by atoms with van der Waals surface area (Å²) < 4.78 is 29.5. The van der Waals surface area contributed by atoms with Gasteiger partial charge in [0.05, 0.1) is 39.1 Å². The minimum Gasteiger partial charge on any atom is -0.456 e. The van der Waals surface area contributed by atoms with Gasteiger partial charge in [0.15, 0.2) is 0 Å². The monoisotopic (exact) mass is 1160 g/mol. The van der Waals surface area contributed by atoms with Crippen LogP contribution in [0.25, 0.3) is 187 Å². The van der Waals surface area contributed by atoms with Crippen molar-refractivity contribution in [2.75, 3.05) is 0 Å². The molecule has 7 aromatic heterocycles. The standard InChI is InChI=1S/C84H50N4O3/c1-7-19-71-57(13-1)58-14-2-8-20-72(58)85(71)53-29-37-81-67(45-53)65-43-51(27-35-79(65)89-81)49-25-33-77-63(41-49)61-17-5-11-23-75(61)87(77)55-31-39-83-69(47-55)70-48-56(32-40-84(70)91-83)88-76-24-12-6-18-62(76)64-42-50(26-34-78(64)88)52-28-36-80-66(44-52)68-46-54(30-38-82(68)90-80)86-73-21-9-3-15-59(73)60-16-4-10-22-74(60)86/h1-47,56H,48H2. The molecule has 0 amide bonds. The van der Waals surface area contributed by atoms with Gasteiger partial charge in [0.1, 0.15) is 33.7 Å². The molecule has 0 saturated heterocycles. The van der Waals surface area contributed by atoms with Crippen molar-refractivity contribution in [2.24, 2.45) is 0 Å². The summed E-state index contributed by atoms with van der Waals surface area (Å²) in [6.45, 7) is 0. The molecule has 13 aromatic carbocycles. The second-order valence-electron chi connectivity index (χ2n) is 24.7. The first-order valence-corrected chi connectivity index (χ1v) is 31.3.